The third kappa shape index (κ3) is 5.09. The Labute approximate surface area is 158 Å². The maximum absolute atomic E-state index is 12.4. The Bertz CT molecular complexity index is 777. The lowest BCUT2D eigenvalue weighted by Crippen LogP contribution is -2.51. The number of carbonyl (C=O) groups is 2. The highest BCUT2D eigenvalue weighted by molar-refractivity contribution is 5.79. The van der Waals surface area contributed by atoms with Crippen LogP contribution >= 0.6 is 0 Å². The van der Waals surface area contributed by atoms with Crippen molar-refractivity contribution in [3.63, 3.8) is 0 Å². The molecule has 27 heavy (non-hydrogen) atoms. The molecule has 0 unspecified atom stereocenters. The lowest BCUT2D eigenvalue weighted by atomic mass is 10.1. The molecule has 0 radical (unpaired) electrons. The molecule has 0 aliphatic carbocycles. The number of hydrogen-bond acceptors (Lipinski definition) is 5. The molecule has 144 valence electrons. The number of aryl methyl sites for hydroxylation is 2. The lowest BCUT2D eigenvalue weighted by molar-refractivity contribution is -0.139. The molecule has 2 heterocycles. The Morgan fingerprint density at radius 2 is 1.70 bits per heavy atom. The smallest absolute Gasteiger partial charge is 0.228 e. The number of ether oxygens (including phenoxy) is 1. The molecule has 2 amide bonds. The van der Waals surface area contributed by atoms with Crippen molar-refractivity contribution in [2.24, 2.45) is 0 Å². The van der Waals surface area contributed by atoms with Crippen LogP contribution in [0.15, 0.2) is 34.9 Å². The van der Waals surface area contributed by atoms with Gasteiger partial charge in [0.15, 0.2) is 0 Å². The SMILES string of the molecule is COc1ccc(CCC(=O)N2CCN(C(=O)Cc3cc(C)on3)CC2)cc1. The molecule has 0 saturated carbocycles. The van der Waals surface area contributed by atoms with Gasteiger partial charge in [0.25, 0.3) is 0 Å². The Morgan fingerprint density at radius 3 is 2.26 bits per heavy atom. The number of benzene rings is 1. The molecule has 7 heteroatoms. The maximum atomic E-state index is 12.4. The summed E-state index contributed by atoms with van der Waals surface area (Å²) in [7, 11) is 1.63. The van der Waals surface area contributed by atoms with Gasteiger partial charge in [0.05, 0.1) is 19.2 Å². The number of methoxy groups -OCH3 is 1. The molecule has 7 nitrogen and oxygen atoms in total. The summed E-state index contributed by atoms with van der Waals surface area (Å²) in [6, 6.07) is 9.54. The van der Waals surface area contributed by atoms with Crippen LogP contribution in [-0.4, -0.2) is 60.1 Å². The standard InChI is InChI=1S/C20H25N3O4/c1-15-13-17(21-27-15)14-20(25)23-11-9-22(10-12-23)19(24)8-5-16-3-6-18(26-2)7-4-16/h3-4,6-7,13H,5,8-12,14H2,1-2H3. The summed E-state index contributed by atoms with van der Waals surface area (Å²) in [6.07, 6.45) is 1.41. The minimum atomic E-state index is 0.0219. The van der Waals surface area contributed by atoms with Crippen LogP contribution in [0.4, 0.5) is 0 Å². The fourth-order valence-electron chi connectivity index (χ4n) is 3.17. The number of amides is 2. The molecule has 1 aromatic heterocycles. The van der Waals surface area contributed by atoms with Gasteiger partial charge in [-0.3, -0.25) is 9.59 Å². The van der Waals surface area contributed by atoms with Gasteiger partial charge in [0.1, 0.15) is 11.5 Å². The average Bonchev–Trinajstić information content (AvgIpc) is 3.11. The van der Waals surface area contributed by atoms with E-state index in [1.165, 1.54) is 0 Å². The molecule has 1 aliphatic heterocycles. The van der Waals surface area contributed by atoms with Crippen molar-refractivity contribution in [2.75, 3.05) is 33.3 Å². The number of hydrogen-bond donors (Lipinski definition) is 0. The van der Waals surface area contributed by atoms with Gasteiger partial charge in [0.2, 0.25) is 11.8 Å². The van der Waals surface area contributed by atoms with Gasteiger partial charge in [0, 0.05) is 38.7 Å². The fourth-order valence-corrected chi connectivity index (χ4v) is 3.17. The van der Waals surface area contributed by atoms with Crippen LogP contribution < -0.4 is 4.74 Å². The van der Waals surface area contributed by atoms with E-state index in [4.69, 9.17) is 9.26 Å². The minimum absolute atomic E-state index is 0.0219. The van der Waals surface area contributed by atoms with Crippen LogP contribution in [0.5, 0.6) is 5.75 Å². The molecule has 1 fully saturated rings. The second-order valence-corrected chi connectivity index (χ2v) is 6.72. The van der Waals surface area contributed by atoms with Gasteiger partial charge < -0.3 is 19.1 Å². The maximum Gasteiger partial charge on any atom is 0.228 e. The first-order valence-corrected chi connectivity index (χ1v) is 9.16. The van der Waals surface area contributed by atoms with Gasteiger partial charge >= 0.3 is 0 Å². The lowest BCUT2D eigenvalue weighted by Gasteiger charge is -2.34. The van der Waals surface area contributed by atoms with E-state index in [0.29, 0.717) is 50.5 Å². The zero-order valence-electron chi connectivity index (χ0n) is 15.8. The third-order valence-electron chi connectivity index (χ3n) is 4.78. The predicted molar refractivity (Wildman–Crippen MR) is 99.4 cm³/mol. The summed E-state index contributed by atoms with van der Waals surface area (Å²) in [6.45, 7) is 4.07. The van der Waals surface area contributed by atoms with Crippen molar-refractivity contribution < 1.29 is 18.8 Å². The summed E-state index contributed by atoms with van der Waals surface area (Å²) >= 11 is 0. The first-order valence-electron chi connectivity index (χ1n) is 9.16. The number of rotatable bonds is 6. The Balaban J connectivity index is 1.42. The molecular formula is C20H25N3O4. The summed E-state index contributed by atoms with van der Waals surface area (Å²) in [5.41, 5.74) is 1.76. The first-order chi connectivity index (χ1) is 13.0. The number of nitrogens with zero attached hydrogens (tertiary/aromatic N) is 3. The minimum Gasteiger partial charge on any atom is -0.497 e. The summed E-state index contributed by atoms with van der Waals surface area (Å²) in [5, 5.41) is 3.86. The van der Waals surface area contributed by atoms with E-state index in [1.807, 2.05) is 29.2 Å². The molecule has 2 aromatic rings. The molecule has 0 spiro atoms. The number of aromatic nitrogens is 1. The van der Waals surface area contributed by atoms with Crippen molar-refractivity contribution in [1.29, 1.82) is 0 Å². The summed E-state index contributed by atoms with van der Waals surface area (Å²) in [4.78, 5) is 28.4. The Hall–Kier alpha value is -2.83. The quantitative estimate of drug-likeness (QED) is 0.774. The average molecular weight is 371 g/mol. The fraction of sp³-hybridized carbons (Fsp3) is 0.450. The van der Waals surface area contributed by atoms with Gasteiger partial charge in [-0.25, -0.2) is 0 Å². The molecular weight excluding hydrogens is 346 g/mol. The molecule has 0 bridgehead atoms. The Kier molecular flexibility index (Phi) is 6.11. The van der Waals surface area contributed by atoms with Gasteiger partial charge in [-0.05, 0) is 31.0 Å². The van der Waals surface area contributed by atoms with Gasteiger partial charge in [-0.2, -0.15) is 0 Å². The highest BCUT2D eigenvalue weighted by atomic mass is 16.5. The van der Waals surface area contributed by atoms with Crippen LogP contribution in [0.3, 0.4) is 0 Å². The Morgan fingerprint density at radius 1 is 1.07 bits per heavy atom. The van der Waals surface area contributed by atoms with E-state index >= 15 is 0 Å². The topological polar surface area (TPSA) is 75.9 Å². The zero-order chi connectivity index (χ0) is 19.2. The first kappa shape index (κ1) is 18.9. The van der Waals surface area contributed by atoms with Gasteiger partial charge in [-0.15, -0.1) is 0 Å². The summed E-state index contributed by atoms with van der Waals surface area (Å²) in [5.74, 6) is 1.66. The molecule has 1 aliphatic rings. The van der Waals surface area contributed by atoms with Crippen molar-refractivity contribution in [3.05, 3.63) is 47.3 Å². The number of carbonyl (C=O) groups excluding carboxylic acids is 2. The molecule has 1 aromatic carbocycles. The van der Waals surface area contributed by atoms with E-state index in [9.17, 15) is 9.59 Å². The molecule has 0 atom stereocenters. The molecule has 0 N–H and O–H groups in total. The monoisotopic (exact) mass is 371 g/mol. The largest absolute Gasteiger partial charge is 0.497 e. The number of piperazine rings is 1. The van der Waals surface area contributed by atoms with E-state index in [0.717, 1.165) is 11.3 Å². The van der Waals surface area contributed by atoms with Crippen LogP contribution in [0.25, 0.3) is 0 Å². The van der Waals surface area contributed by atoms with Gasteiger partial charge in [-0.1, -0.05) is 17.3 Å². The van der Waals surface area contributed by atoms with Crippen molar-refractivity contribution in [3.8, 4) is 5.75 Å². The molecule has 3 rings (SSSR count). The normalized spacial score (nSPS) is 14.3. The van der Waals surface area contributed by atoms with Crippen LogP contribution in [0, 0.1) is 6.92 Å². The zero-order valence-corrected chi connectivity index (χ0v) is 15.8. The summed E-state index contributed by atoms with van der Waals surface area (Å²) < 4.78 is 10.1. The highest BCUT2D eigenvalue weighted by Gasteiger charge is 2.24. The van der Waals surface area contributed by atoms with E-state index in [2.05, 4.69) is 5.16 Å². The van der Waals surface area contributed by atoms with Crippen LogP contribution in [-0.2, 0) is 22.4 Å². The highest BCUT2D eigenvalue weighted by Crippen LogP contribution is 2.14. The van der Waals surface area contributed by atoms with E-state index in [1.54, 1.807) is 25.0 Å². The van der Waals surface area contributed by atoms with Crippen LogP contribution in [0.1, 0.15) is 23.4 Å². The van der Waals surface area contributed by atoms with Crippen molar-refractivity contribution in [1.82, 2.24) is 15.0 Å². The van der Waals surface area contributed by atoms with Crippen LogP contribution in [0.2, 0.25) is 0 Å². The second-order valence-electron chi connectivity index (χ2n) is 6.72. The third-order valence-corrected chi connectivity index (χ3v) is 4.78. The van der Waals surface area contributed by atoms with E-state index in [-0.39, 0.29) is 18.2 Å². The molecule has 1 saturated heterocycles. The van der Waals surface area contributed by atoms with Crippen molar-refractivity contribution >= 4 is 11.8 Å². The van der Waals surface area contributed by atoms with E-state index < -0.39 is 0 Å². The second kappa shape index (κ2) is 8.70. The predicted octanol–water partition coefficient (Wildman–Crippen LogP) is 1.84. The van der Waals surface area contributed by atoms with Crippen molar-refractivity contribution in [2.45, 2.75) is 26.2 Å².